The number of carbonyl (C=O) groups excluding carboxylic acids is 3. The maximum Gasteiger partial charge on any atom is 0.306 e. The molecule has 1 atom stereocenters. The van der Waals surface area contributed by atoms with Crippen molar-refractivity contribution in [3.05, 3.63) is 85.1 Å². The zero-order chi connectivity index (χ0) is 54.3. The molecule has 1 unspecified atom stereocenters. The van der Waals surface area contributed by atoms with Gasteiger partial charge in [-0.05, 0) is 96.3 Å². The summed E-state index contributed by atoms with van der Waals surface area (Å²) in [6, 6.07) is 0. The van der Waals surface area contributed by atoms with E-state index in [0.29, 0.717) is 19.3 Å². The standard InChI is InChI=1S/C69H120O6/c1-4-7-10-13-15-17-19-21-23-25-27-29-31-32-33-34-35-36-38-39-41-43-45-47-49-51-53-56-59-62-68(71)74-65-66(64-73-67(70)61-58-55-12-9-6-3)75-69(72)63-60-57-54-52-50-48-46-44-42-40-37-30-28-26-24-22-20-18-16-14-11-8-5-2/h7,10,15,17,20-23,26-29,32-33,66H,4-6,8-9,11-14,16,18-19,24-25,30-31,34-65H2,1-3H3/b10-7-,17-15-,22-20-,23-21-,28-26-,29-27-,33-32-. The number of hydrogen-bond donors (Lipinski definition) is 0. The van der Waals surface area contributed by atoms with Crippen LogP contribution < -0.4 is 0 Å². The molecule has 0 amide bonds. The first-order chi connectivity index (χ1) is 37.0. The Morgan fingerprint density at radius 2 is 0.520 bits per heavy atom. The summed E-state index contributed by atoms with van der Waals surface area (Å²) in [6.07, 6.45) is 83.5. The molecule has 0 saturated carbocycles. The Hall–Kier alpha value is -3.41. The summed E-state index contributed by atoms with van der Waals surface area (Å²) in [6.45, 7) is 6.46. The minimum absolute atomic E-state index is 0.0757. The fourth-order valence-corrected chi connectivity index (χ4v) is 9.09. The first-order valence-corrected chi connectivity index (χ1v) is 32.1. The van der Waals surface area contributed by atoms with Gasteiger partial charge in [-0.2, -0.15) is 0 Å². The van der Waals surface area contributed by atoms with E-state index in [9.17, 15) is 14.4 Å². The van der Waals surface area contributed by atoms with E-state index in [-0.39, 0.29) is 31.1 Å². The van der Waals surface area contributed by atoms with Gasteiger partial charge in [-0.3, -0.25) is 14.4 Å². The lowest BCUT2D eigenvalue weighted by molar-refractivity contribution is -0.167. The van der Waals surface area contributed by atoms with Gasteiger partial charge in [-0.1, -0.05) is 286 Å². The topological polar surface area (TPSA) is 78.9 Å². The molecule has 0 aliphatic rings. The van der Waals surface area contributed by atoms with Gasteiger partial charge < -0.3 is 14.2 Å². The van der Waals surface area contributed by atoms with Crippen molar-refractivity contribution in [1.29, 1.82) is 0 Å². The SMILES string of the molecule is CC/C=C\C/C=C\C/C=C\C/C=C\C/C=C\CCCCCCCCCCCCCCCC(=O)OCC(COC(=O)CCCCCCC)OC(=O)CCCCCCCCCCCCC/C=C\C/C=C\CCCCCCC. The molecule has 75 heavy (non-hydrogen) atoms. The fraction of sp³-hybridized carbons (Fsp3) is 0.754. The molecule has 0 N–H and O–H groups in total. The van der Waals surface area contributed by atoms with E-state index in [1.807, 2.05) is 0 Å². The third-order valence-corrected chi connectivity index (χ3v) is 13.9. The van der Waals surface area contributed by atoms with Gasteiger partial charge in [0.15, 0.2) is 6.10 Å². The minimum Gasteiger partial charge on any atom is -0.462 e. The highest BCUT2D eigenvalue weighted by Gasteiger charge is 2.19. The van der Waals surface area contributed by atoms with Gasteiger partial charge >= 0.3 is 17.9 Å². The van der Waals surface area contributed by atoms with E-state index in [2.05, 4.69) is 106 Å². The van der Waals surface area contributed by atoms with Crippen molar-refractivity contribution in [2.45, 2.75) is 322 Å². The van der Waals surface area contributed by atoms with E-state index < -0.39 is 6.10 Å². The molecule has 432 valence electrons. The van der Waals surface area contributed by atoms with Crippen molar-refractivity contribution in [1.82, 2.24) is 0 Å². The van der Waals surface area contributed by atoms with Crippen molar-refractivity contribution in [2.75, 3.05) is 13.2 Å². The van der Waals surface area contributed by atoms with Gasteiger partial charge in [0.05, 0.1) is 0 Å². The van der Waals surface area contributed by atoms with Gasteiger partial charge in [0, 0.05) is 19.3 Å². The maximum atomic E-state index is 12.8. The Morgan fingerprint density at radius 1 is 0.280 bits per heavy atom. The highest BCUT2D eigenvalue weighted by atomic mass is 16.6. The molecule has 6 heteroatoms. The highest BCUT2D eigenvalue weighted by molar-refractivity contribution is 5.71. The summed E-state index contributed by atoms with van der Waals surface area (Å²) in [4.78, 5) is 37.9. The third kappa shape index (κ3) is 61.3. The van der Waals surface area contributed by atoms with Crippen molar-refractivity contribution >= 4 is 17.9 Å². The second kappa shape index (κ2) is 63.1. The molecule has 0 heterocycles. The summed E-state index contributed by atoms with van der Waals surface area (Å²) >= 11 is 0. The average molecular weight is 1050 g/mol. The second-order valence-electron chi connectivity index (χ2n) is 21.3. The van der Waals surface area contributed by atoms with Crippen LogP contribution in [0.15, 0.2) is 85.1 Å². The lowest BCUT2D eigenvalue weighted by atomic mass is 10.0. The summed E-state index contributed by atoms with van der Waals surface area (Å²) in [5, 5.41) is 0. The summed E-state index contributed by atoms with van der Waals surface area (Å²) < 4.78 is 16.8. The molecule has 0 saturated heterocycles. The van der Waals surface area contributed by atoms with E-state index in [1.54, 1.807) is 0 Å². The molecule has 0 bridgehead atoms. The predicted octanol–water partition coefficient (Wildman–Crippen LogP) is 21.9. The molecule has 0 aromatic heterocycles. The quantitative estimate of drug-likeness (QED) is 0.0261. The Kier molecular flexibility index (Phi) is 60.3. The van der Waals surface area contributed by atoms with Gasteiger partial charge in [0.1, 0.15) is 13.2 Å². The number of ether oxygens (including phenoxy) is 3. The van der Waals surface area contributed by atoms with Crippen molar-refractivity contribution in [3.63, 3.8) is 0 Å². The van der Waals surface area contributed by atoms with E-state index in [4.69, 9.17) is 14.2 Å². The van der Waals surface area contributed by atoms with E-state index >= 15 is 0 Å². The molecule has 0 aliphatic heterocycles. The van der Waals surface area contributed by atoms with Crippen LogP contribution in [0.1, 0.15) is 316 Å². The molecular weight excluding hydrogens is 925 g/mol. The first kappa shape index (κ1) is 71.6. The van der Waals surface area contributed by atoms with Crippen molar-refractivity contribution < 1.29 is 28.6 Å². The van der Waals surface area contributed by atoms with Crippen LogP contribution in [0.5, 0.6) is 0 Å². The number of hydrogen-bond acceptors (Lipinski definition) is 6. The van der Waals surface area contributed by atoms with Crippen LogP contribution in [-0.2, 0) is 28.6 Å². The van der Waals surface area contributed by atoms with Crippen LogP contribution in [0.2, 0.25) is 0 Å². The molecule has 0 aromatic carbocycles. The number of allylic oxidation sites excluding steroid dienone is 14. The molecule has 0 spiro atoms. The average Bonchev–Trinajstić information content (AvgIpc) is 3.41. The zero-order valence-electron chi connectivity index (χ0n) is 49.6. The highest BCUT2D eigenvalue weighted by Crippen LogP contribution is 2.16. The largest absolute Gasteiger partial charge is 0.462 e. The van der Waals surface area contributed by atoms with Gasteiger partial charge in [0.25, 0.3) is 0 Å². The zero-order valence-corrected chi connectivity index (χ0v) is 49.6. The van der Waals surface area contributed by atoms with Crippen LogP contribution in [0.4, 0.5) is 0 Å². The van der Waals surface area contributed by atoms with Gasteiger partial charge in [-0.15, -0.1) is 0 Å². The summed E-state index contributed by atoms with van der Waals surface area (Å²) in [7, 11) is 0. The number of carbonyl (C=O) groups is 3. The third-order valence-electron chi connectivity index (χ3n) is 13.9. The maximum absolute atomic E-state index is 12.8. The van der Waals surface area contributed by atoms with Crippen molar-refractivity contribution in [2.24, 2.45) is 0 Å². The Bertz CT molecular complexity index is 1430. The van der Waals surface area contributed by atoms with Crippen LogP contribution in [-0.4, -0.2) is 37.2 Å². The number of unbranched alkanes of at least 4 members (excludes halogenated alkanes) is 33. The predicted molar refractivity (Wildman–Crippen MR) is 325 cm³/mol. The van der Waals surface area contributed by atoms with E-state index in [1.165, 1.54) is 173 Å². The van der Waals surface area contributed by atoms with Crippen LogP contribution in [0.25, 0.3) is 0 Å². The minimum atomic E-state index is -0.774. The lowest BCUT2D eigenvalue weighted by Crippen LogP contribution is -2.30. The fourth-order valence-electron chi connectivity index (χ4n) is 9.09. The molecule has 6 nitrogen and oxygen atoms in total. The number of esters is 3. The van der Waals surface area contributed by atoms with Crippen LogP contribution in [0.3, 0.4) is 0 Å². The number of rotatable bonds is 58. The molecule has 0 radical (unpaired) electrons. The smallest absolute Gasteiger partial charge is 0.306 e. The second-order valence-corrected chi connectivity index (χ2v) is 21.3. The molecule has 0 aliphatic carbocycles. The van der Waals surface area contributed by atoms with Crippen molar-refractivity contribution in [3.8, 4) is 0 Å². The van der Waals surface area contributed by atoms with Gasteiger partial charge in [-0.25, -0.2) is 0 Å². The Balaban J connectivity index is 4.02. The molecule has 0 fully saturated rings. The van der Waals surface area contributed by atoms with Gasteiger partial charge in [0.2, 0.25) is 0 Å². The molecular formula is C69H120O6. The van der Waals surface area contributed by atoms with Crippen LogP contribution in [0, 0.1) is 0 Å². The normalized spacial score (nSPS) is 12.6. The Morgan fingerprint density at radius 3 is 0.813 bits per heavy atom. The summed E-state index contributed by atoms with van der Waals surface area (Å²) in [5.41, 5.74) is 0. The molecule has 0 aromatic rings. The molecule has 0 rings (SSSR count). The van der Waals surface area contributed by atoms with Crippen LogP contribution >= 0.6 is 0 Å². The monoisotopic (exact) mass is 1040 g/mol. The summed E-state index contributed by atoms with van der Waals surface area (Å²) in [5.74, 6) is -0.882. The first-order valence-electron chi connectivity index (χ1n) is 32.1. The van der Waals surface area contributed by atoms with E-state index in [0.717, 1.165) is 103 Å². The lowest BCUT2D eigenvalue weighted by Gasteiger charge is -2.18. The Labute approximate surface area is 465 Å².